The Bertz CT molecular complexity index is 879. The monoisotopic (exact) mass is 356 g/mol. The van der Waals surface area contributed by atoms with Gasteiger partial charge in [0, 0.05) is 0 Å². The number of carbonyl (C=O) groups is 1. The first-order chi connectivity index (χ1) is 12.2. The maximum atomic E-state index is 12.4. The number of rotatable bonds is 7. The number of carbonyl (C=O) groups excluding carboxylic acids is 1. The van der Waals surface area contributed by atoms with E-state index >= 15 is 0 Å². The van der Waals surface area contributed by atoms with Crippen LogP contribution in [0.5, 0.6) is 11.5 Å². The molecule has 0 N–H and O–H groups in total. The van der Waals surface area contributed by atoms with E-state index in [1.807, 2.05) is 30.3 Å². The Kier molecular flexibility index (Phi) is 5.35. The zero-order chi connectivity index (χ0) is 17.6. The van der Waals surface area contributed by atoms with Crippen LogP contribution in [0.15, 0.2) is 58.2 Å². The Balaban J connectivity index is 1.71. The Labute approximate surface area is 149 Å². The highest BCUT2D eigenvalue weighted by atomic mass is 32.2. The molecule has 0 saturated heterocycles. The summed E-state index contributed by atoms with van der Waals surface area (Å²) in [5.41, 5.74) is 1.24. The van der Waals surface area contributed by atoms with Gasteiger partial charge in [-0.1, -0.05) is 36.0 Å². The average molecular weight is 356 g/mol. The number of thioether (sulfide) groups is 1. The van der Waals surface area contributed by atoms with Crippen LogP contribution in [0.3, 0.4) is 0 Å². The Morgan fingerprint density at radius 2 is 1.68 bits per heavy atom. The van der Waals surface area contributed by atoms with Crippen molar-refractivity contribution in [2.24, 2.45) is 0 Å². The molecule has 1 aromatic heterocycles. The van der Waals surface area contributed by atoms with Crippen molar-refractivity contribution in [3.05, 3.63) is 54.1 Å². The Morgan fingerprint density at radius 3 is 2.44 bits per heavy atom. The molecule has 0 aliphatic heterocycles. The normalized spacial score (nSPS) is 10.5. The fourth-order valence-corrected chi connectivity index (χ4v) is 2.92. The predicted octanol–water partition coefficient (Wildman–Crippen LogP) is 3.73. The van der Waals surface area contributed by atoms with Crippen LogP contribution in [0.4, 0.5) is 0 Å². The summed E-state index contributed by atoms with van der Waals surface area (Å²) < 4.78 is 16.1. The molecule has 0 spiro atoms. The van der Waals surface area contributed by atoms with Crippen molar-refractivity contribution in [3.8, 4) is 23.0 Å². The molecule has 0 saturated carbocycles. The number of nitrogens with zero attached hydrogens (tertiary/aromatic N) is 2. The van der Waals surface area contributed by atoms with Crippen molar-refractivity contribution >= 4 is 17.5 Å². The van der Waals surface area contributed by atoms with Crippen LogP contribution in [-0.4, -0.2) is 36.0 Å². The van der Waals surface area contributed by atoms with Crippen molar-refractivity contribution in [2.45, 2.75) is 5.22 Å². The zero-order valence-electron chi connectivity index (χ0n) is 13.8. The minimum absolute atomic E-state index is 0.0699. The first-order valence-corrected chi connectivity index (χ1v) is 8.47. The summed E-state index contributed by atoms with van der Waals surface area (Å²) in [6.07, 6.45) is 0. The lowest BCUT2D eigenvalue weighted by Gasteiger charge is -2.05. The van der Waals surface area contributed by atoms with Gasteiger partial charge >= 0.3 is 0 Å². The lowest BCUT2D eigenvalue weighted by molar-refractivity contribution is 0.101. The third-order valence-corrected chi connectivity index (χ3v) is 4.30. The van der Waals surface area contributed by atoms with E-state index in [9.17, 15) is 4.79 Å². The van der Waals surface area contributed by atoms with Crippen molar-refractivity contribution in [2.75, 3.05) is 20.0 Å². The maximum absolute atomic E-state index is 12.4. The minimum atomic E-state index is -0.0699. The molecular formula is C18H16N2O4S. The van der Waals surface area contributed by atoms with E-state index in [4.69, 9.17) is 13.9 Å². The summed E-state index contributed by atoms with van der Waals surface area (Å²) in [6.45, 7) is 0. The smallest absolute Gasteiger partial charge is 0.277 e. The summed E-state index contributed by atoms with van der Waals surface area (Å²) in [5, 5.41) is 8.33. The van der Waals surface area contributed by atoms with E-state index in [2.05, 4.69) is 10.2 Å². The minimum Gasteiger partial charge on any atom is -0.496 e. The Hall–Kier alpha value is -2.80. The molecule has 0 bridgehead atoms. The molecule has 0 aliphatic rings. The number of hydrogen-bond acceptors (Lipinski definition) is 7. The maximum Gasteiger partial charge on any atom is 0.277 e. The van der Waals surface area contributed by atoms with E-state index in [1.54, 1.807) is 25.3 Å². The number of para-hydroxylation sites is 2. The highest BCUT2D eigenvalue weighted by Crippen LogP contribution is 2.30. The number of ether oxygens (including phenoxy) is 2. The van der Waals surface area contributed by atoms with Crippen molar-refractivity contribution < 1.29 is 18.7 Å². The molecule has 0 unspecified atom stereocenters. The second kappa shape index (κ2) is 7.85. The topological polar surface area (TPSA) is 74.5 Å². The molecule has 25 heavy (non-hydrogen) atoms. The molecule has 6 nitrogen and oxygen atoms in total. The van der Waals surface area contributed by atoms with Gasteiger partial charge in [-0.3, -0.25) is 4.79 Å². The lowest BCUT2D eigenvalue weighted by Crippen LogP contribution is -2.04. The fourth-order valence-electron chi connectivity index (χ4n) is 2.28. The predicted molar refractivity (Wildman–Crippen MR) is 94.3 cm³/mol. The SMILES string of the molecule is COc1ccccc1C(=O)CSc1nnc(-c2ccccc2OC)o1. The van der Waals surface area contributed by atoms with Crippen LogP contribution in [0.2, 0.25) is 0 Å². The Morgan fingerprint density at radius 1 is 1.00 bits per heavy atom. The molecule has 1 heterocycles. The lowest BCUT2D eigenvalue weighted by atomic mass is 10.1. The number of benzene rings is 2. The van der Waals surface area contributed by atoms with Crippen LogP contribution in [0.1, 0.15) is 10.4 Å². The molecule has 128 valence electrons. The number of hydrogen-bond donors (Lipinski definition) is 0. The van der Waals surface area contributed by atoms with Crippen molar-refractivity contribution in [1.82, 2.24) is 10.2 Å². The molecular weight excluding hydrogens is 340 g/mol. The number of ketones is 1. The molecule has 0 amide bonds. The van der Waals surface area contributed by atoms with Gasteiger partial charge in [0.1, 0.15) is 11.5 Å². The first kappa shape index (κ1) is 17.0. The van der Waals surface area contributed by atoms with E-state index in [0.29, 0.717) is 33.7 Å². The van der Waals surface area contributed by atoms with Crippen molar-refractivity contribution in [3.63, 3.8) is 0 Å². The molecule has 3 aromatic rings. The quantitative estimate of drug-likeness (QED) is 0.472. The largest absolute Gasteiger partial charge is 0.496 e. The third-order valence-electron chi connectivity index (χ3n) is 3.48. The van der Waals surface area contributed by atoms with E-state index < -0.39 is 0 Å². The molecule has 7 heteroatoms. The van der Waals surface area contributed by atoms with Crippen LogP contribution >= 0.6 is 11.8 Å². The van der Waals surface area contributed by atoms with Crippen molar-refractivity contribution in [1.29, 1.82) is 0 Å². The molecule has 0 atom stereocenters. The van der Waals surface area contributed by atoms with Gasteiger partial charge in [-0.25, -0.2) is 0 Å². The zero-order valence-corrected chi connectivity index (χ0v) is 14.6. The summed E-state index contributed by atoms with van der Waals surface area (Å²) in [7, 11) is 3.12. The molecule has 0 fully saturated rings. The molecule has 3 rings (SSSR count). The summed E-state index contributed by atoms with van der Waals surface area (Å²) in [6, 6.07) is 14.5. The second-order valence-electron chi connectivity index (χ2n) is 4.99. The fraction of sp³-hybridized carbons (Fsp3) is 0.167. The number of Topliss-reactive ketones (excluding diaryl/α,β-unsaturated/α-hetero) is 1. The first-order valence-electron chi connectivity index (χ1n) is 7.49. The van der Waals surface area contributed by atoms with Crippen LogP contribution in [-0.2, 0) is 0 Å². The molecule has 0 aliphatic carbocycles. The van der Waals surface area contributed by atoms with Gasteiger partial charge in [0.2, 0.25) is 0 Å². The second-order valence-corrected chi connectivity index (χ2v) is 5.91. The van der Waals surface area contributed by atoms with Gasteiger partial charge in [0.05, 0.1) is 31.1 Å². The number of aromatic nitrogens is 2. The standard InChI is InChI=1S/C18H16N2O4S/c1-22-15-9-5-3-7-12(15)14(21)11-25-18-20-19-17(24-18)13-8-4-6-10-16(13)23-2/h3-10H,11H2,1-2H3. The van der Waals surface area contributed by atoms with Gasteiger partial charge in [-0.05, 0) is 24.3 Å². The number of methoxy groups -OCH3 is 2. The van der Waals surface area contributed by atoms with Gasteiger partial charge in [-0.15, -0.1) is 10.2 Å². The van der Waals surface area contributed by atoms with E-state index in [0.717, 1.165) is 0 Å². The van der Waals surface area contributed by atoms with E-state index in [-0.39, 0.29) is 11.5 Å². The van der Waals surface area contributed by atoms with Gasteiger partial charge in [-0.2, -0.15) is 0 Å². The van der Waals surface area contributed by atoms with Crippen LogP contribution < -0.4 is 9.47 Å². The highest BCUT2D eigenvalue weighted by Gasteiger charge is 2.16. The molecule has 0 radical (unpaired) electrons. The highest BCUT2D eigenvalue weighted by molar-refractivity contribution is 7.99. The average Bonchev–Trinajstić information content (AvgIpc) is 3.14. The van der Waals surface area contributed by atoms with Gasteiger partial charge in [0.15, 0.2) is 5.78 Å². The van der Waals surface area contributed by atoms with Crippen LogP contribution in [0, 0.1) is 0 Å². The van der Waals surface area contributed by atoms with E-state index in [1.165, 1.54) is 18.9 Å². The van der Waals surface area contributed by atoms with Gasteiger partial charge < -0.3 is 13.9 Å². The van der Waals surface area contributed by atoms with Gasteiger partial charge in [0.25, 0.3) is 11.1 Å². The van der Waals surface area contributed by atoms with Crippen LogP contribution in [0.25, 0.3) is 11.5 Å². The third kappa shape index (κ3) is 3.83. The summed E-state index contributed by atoms with van der Waals surface area (Å²) in [4.78, 5) is 12.4. The molecule has 2 aromatic carbocycles. The summed E-state index contributed by atoms with van der Waals surface area (Å²) in [5.74, 6) is 1.65. The summed E-state index contributed by atoms with van der Waals surface area (Å²) >= 11 is 1.19.